The lowest BCUT2D eigenvalue weighted by molar-refractivity contribution is -0.390. The molecule has 0 saturated carbocycles. The minimum absolute atomic E-state index is 0.0518. The van der Waals surface area contributed by atoms with Crippen LogP contribution in [0.25, 0.3) is 0 Å². The Balaban J connectivity index is 2.93. The maximum Gasteiger partial charge on any atom is 0.384 e. The topological polar surface area (TPSA) is 87.0 Å². The van der Waals surface area contributed by atoms with Gasteiger partial charge in [-0.3, -0.25) is 0 Å². The number of hydrogen-bond acceptors (Lipinski definition) is 4. The van der Waals surface area contributed by atoms with Crippen LogP contribution in [-0.2, 0) is 13.5 Å². The molecule has 0 spiro atoms. The van der Waals surface area contributed by atoms with E-state index in [1.54, 1.807) is 11.6 Å². The number of nitrogens with zero attached hydrogens (tertiary/aromatic N) is 3. The Morgan fingerprint density at radius 3 is 2.93 bits per heavy atom. The fourth-order valence-corrected chi connectivity index (χ4v) is 1.22. The summed E-state index contributed by atoms with van der Waals surface area (Å²) in [4.78, 5) is 13.8. The highest BCUT2D eigenvalue weighted by molar-refractivity contribution is 5.27. The van der Waals surface area contributed by atoms with Crippen molar-refractivity contribution in [1.82, 2.24) is 9.55 Å². The maximum absolute atomic E-state index is 10.6. The van der Waals surface area contributed by atoms with E-state index in [0.29, 0.717) is 12.1 Å². The molecule has 0 saturated heterocycles. The Kier molecular flexibility index (Phi) is 3.19. The molecule has 0 fully saturated rings. The van der Waals surface area contributed by atoms with Gasteiger partial charge in [-0.05, 0) is 16.3 Å². The Labute approximate surface area is 81.9 Å². The molecule has 1 aromatic heterocycles. The number of aromatic nitrogens is 2. The summed E-state index contributed by atoms with van der Waals surface area (Å²) in [5.74, 6) is -0.0867. The smallest absolute Gasteiger partial charge is 0.358 e. The molecule has 1 atom stereocenters. The number of rotatable bonds is 4. The van der Waals surface area contributed by atoms with Crippen LogP contribution in [0, 0.1) is 10.1 Å². The lowest BCUT2D eigenvalue weighted by Crippen LogP contribution is -2.23. The van der Waals surface area contributed by atoms with Crippen molar-refractivity contribution in [1.29, 1.82) is 0 Å². The summed E-state index contributed by atoms with van der Waals surface area (Å²) < 4.78 is 1.65. The van der Waals surface area contributed by atoms with Gasteiger partial charge < -0.3 is 20.4 Å². The Bertz CT molecular complexity index is 334. The van der Waals surface area contributed by atoms with E-state index in [9.17, 15) is 10.1 Å². The molecule has 0 amide bonds. The number of aryl methyl sites for hydroxylation is 1. The van der Waals surface area contributed by atoms with Crippen molar-refractivity contribution < 1.29 is 4.92 Å². The van der Waals surface area contributed by atoms with Gasteiger partial charge in [0.2, 0.25) is 6.33 Å². The molecule has 6 heteroatoms. The van der Waals surface area contributed by atoms with Crippen molar-refractivity contribution in [3.63, 3.8) is 0 Å². The lowest BCUT2D eigenvalue weighted by Gasteiger charge is -2.07. The molecule has 0 aliphatic rings. The fraction of sp³-hybridized carbons (Fsp3) is 0.625. The van der Waals surface area contributed by atoms with E-state index >= 15 is 0 Å². The van der Waals surface area contributed by atoms with Gasteiger partial charge in [0.05, 0.1) is 0 Å². The van der Waals surface area contributed by atoms with E-state index in [4.69, 9.17) is 5.73 Å². The van der Waals surface area contributed by atoms with Crippen molar-refractivity contribution in [3.8, 4) is 0 Å². The number of hydrogen-bond donors (Lipinski definition) is 1. The molecule has 0 bridgehead atoms. The third kappa shape index (κ3) is 2.08. The fourth-order valence-electron chi connectivity index (χ4n) is 1.22. The van der Waals surface area contributed by atoms with E-state index in [0.717, 1.165) is 6.42 Å². The summed E-state index contributed by atoms with van der Waals surface area (Å²) in [7, 11) is 1.73. The Morgan fingerprint density at radius 1 is 1.79 bits per heavy atom. The van der Waals surface area contributed by atoms with Crippen molar-refractivity contribution >= 4 is 5.82 Å². The van der Waals surface area contributed by atoms with E-state index in [1.807, 2.05) is 6.92 Å². The van der Waals surface area contributed by atoms with Crippen molar-refractivity contribution in [2.75, 3.05) is 0 Å². The molecule has 0 aliphatic heterocycles. The SMILES string of the molecule is CCC(N)Cc1c([N+](=O)[O-])ncn1C. The highest BCUT2D eigenvalue weighted by Gasteiger charge is 2.20. The largest absolute Gasteiger partial charge is 0.384 e. The van der Waals surface area contributed by atoms with E-state index in [1.165, 1.54) is 6.33 Å². The summed E-state index contributed by atoms with van der Waals surface area (Å²) in [6.07, 6.45) is 2.72. The zero-order valence-corrected chi connectivity index (χ0v) is 8.30. The van der Waals surface area contributed by atoms with Crippen LogP contribution in [-0.4, -0.2) is 20.5 Å². The second-order valence-electron chi connectivity index (χ2n) is 3.26. The number of nitro groups is 1. The van der Waals surface area contributed by atoms with E-state index in [2.05, 4.69) is 4.98 Å². The molecule has 1 unspecified atom stereocenters. The van der Waals surface area contributed by atoms with Crippen molar-refractivity contribution in [2.45, 2.75) is 25.8 Å². The van der Waals surface area contributed by atoms with Crippen LogP contribution >= 0.6 is 0 Å². The van der Waals surface area contributed by atoms with Crippen LogP contribution in [0.2, 0.25) is 0 Å². The number of imidazole rings is 1. The van der Waals surface area contributed by atoms with Gasteiger partial charge in [-0.1, -0.05) is 6.92 Å². The highest BCUT2D eigenvalue weighted by Crippen LogP contribution is 2.16. The van der Waals surface area contributed by atoms with Crippen molar-refractivity contribution in [2.24, 2.45) is 12.8 Å². The zero-order valence-electron chi connectivity index (χ0n) is 8.30. The molecule has 0 radical (unpaired) electrons. The van der Waals surface area contributed by atoms with Gasteiger partial charge >= 0.3 is 5.82 Å². The minimum atomic E-state index is -0.474. The predicted molar refractivity (Wildman–Crippen MR) is 51.8 cm³/mol. The third-order valence-corrected chi connectivity index (χ3v) is 2.19. The van der Waals surface area contributed by atoms with Crippen LogP contribution in [0.5, 0.6) is 0 Å². The first-order valence-corrected chi connectivity index (χ1v) is 4.46. The Morgan fingerprint density at radius 2 is 2.43 bits per heavy atom. The first kappa shape index (κ1) is 10.6. The van der Waals surface area contributed by atoms with Gasteiger partial charge in [0.15, 0.2) is 0 Å². The van der Waals surface area contributed by atoms with Crippen LogP contribution in [0.4, 0.5) is 5.82 Å². The van der Waals surface area contributed by atoms with E-state index < -0.39 is 4.92 Å². The summed E-state index contributed by atoms with van der Waals surface area (Å²) in [6.45, 7) is 1.95. The third-order valence-electron chi connectivity index (χ3n) is 2.19. The molecule has 78 valence electrons. The normalized spacial score (nSPS) is 12.8. The first-order valence-electron chi connectivity index (χ1n) is 4.46. The summed E-state index contributed by atoms with van der Waals surface area (Å²) in [5, 5.41) is 10.6. The Hall–Kier alpha value is -1.43. The second kappa shape index (κ2) is 4.19. The van der Waals surface area contributed by atoms with Gasteiger partial charge in [0, 0.05) is 19.5 Å². The molecule has 2 N–H and O–H groups in total. The van der Waals surface area contributed by atoms with Crippen LogP contribution in [0.3, 0.4) is 0 Å². The summed E-state index contributed by atoms with van der Waals surface area (Å²) in [6, 6.07) is -0.0518. The van der Waals surface area contributed by atoms with Crippen LogP contribution in [0.15, 0.2) is 6.33 Å². The van der Waals surface area contributed by atoms with Gasteiger partial charge in [-0.25, -0.2) is 0 Å². The van der Waals surface area contributed by atoms with E-state index in [-0.39, 0.29) is 11.9 Å². The average molecular weight is 198 g/mol. The highest BCUT2D eigenvalue weighted by atomic mass is 16.6. The lowest BCUT2D eigenvalue weighted by atomic mass is 10.1. The average Bonchev–Trinajstić information content (AvgIpc) is 2.48. The van der Waals surface area contributed by atoms with Gasteiger partial charge in [-0.15, -0.1) is 0 Å². The zero-order chi connectivity index (χ0) is 10.7. The van der Waals surface area contributed by atoms with Crippen LogP contribution < -0.4 is 5.73 Å². The van der Waals surface area contributed by atoms with Gasteiger partial charge in [0.25, 0.3) is 0 Å². The molecule has 6 nitrogen and oxygen atoms in total. The molecule has 14 heavy (non-hydrogen) atoms. The first-order chi connectivity index (χ1) is 6.56. The molecule has 0 aliphatic carbocycles. The van der Waals surface area contributed by atoms with Crippen molar-refractivity contribution in [3.05, 3.63) is 22.1 Å². The van der Waals surface area contributed by atoms with Gasteiger partial charge in [-0.2, -0.15) is 0 Å². The molecular formula is C8H14N4O2. The molecule has 1 aromatic rings. The second-order valence-corrected chi connectivity index (χ2v) is 3.26. The molecule has 1 heterocycles. The van der Waals surface area contributed by atoms with Gasteiger partial charge in [0.1, 0.15) is 5.69 Å². The summed E-state index contributed by atoms with van der Waals surface area (Å²) >= 11 is 0. The maximum atomic E-state index is 10.6. The predicted octanol–water partition coefficient (Wildman–Crippen LogP) is 0.608. The quantitative estimate of drug-likeness (QED) is 0.567. The van der Waals surface area contributed by atoms with Crippen LogP contribution in [0.1, 0.15) is 19.0 Å². The molecule has 0 aromatic carbocycles. The summed E-state index contributed by atoms with van der Waals surface area (Å²) in [5.41, 5.74) is 6.33. The molecular weight excluding hydrogens is 184 g/mol. The molecule has 1 rings (SSSR count). The standard InChI is InChI=1S/C8H14N4O2/c1-3-6(9)4-7-8(12(13)14)10-5-11(7)2/h5-6H,3-4,9H2,1-2H3. The monoisotopic (exact) mass is 198 g/mol. The minimum Gasteiger partial charge on any atom is -0.358 e. The number of nitrogens with two attached hydrogens (primary N) is 1.